The van der Waals surface area contributed by atoms with Gasteiger partial charge in [-0.2, -0.15) is 26.3 Å². The molecule has 0 bridgehead atoms. The van der Waals surface area contributed by atoms with Crippen LogP contribution >= 0.6 is 0 Å². The molecule has 7 atom stereocenters. The Morgan fingerprint density at radius 1 is 0.921 bits per heavy atom. The van der Waals surface area contributed by atoms with Crippen LogP contribution in [0.4, 0.5) is 32.0 Å². The fourth-order valence-corrected chi connectivity index (χ4v) is 8.73. The van der Waals surface area contributed by atoms with Crippen LogP contribution in [0.5, 0.6) is 0 Å². The molecule has 3 saturated carbocycles. The summed E-state index contributed by atoms with van der Waals surface area (Å²) in [6, 6.07) is 1.16. The summed E-state index contributed by atoms with van der Waals surface area (Å²) < 4.78 is 80.6. The van der Waals surface area contributed by atoms with Gasteiger partial charge < -0.3 is 10.6 Å². The van der Waals surface area contributed by atoms with Crippen LogP contribution in [-0.2, 0) is 21.9 Å². The molecule has 10 heteroatoms. The molecule has 1 aromatic rings. The van der Waals surface area contributed by atoms with Gasteiger partial charge in [0.15, 0.2) is 0 Å². The Morgan fingerprint density at radius 3 is 2.26 bits per heavy atom. The minimum atomic E-state index is -4.92. The van der Waals surface area contributed by atoms with Crippen LogP contribution in [0.2, 0.25) is 0 Å². The SMILES string of the molecule is C[C@]12C=CC(=O)N[C@@H]1CC[C@@]1(C)[C@@H]3CC[C@H](C(=O)Nc4cc(C(F)(F)F)ccc4C(F)(F)F)[C@@]3(C)CC[C@H]21. The van der Waals surface area contributed by atoms with Crippen molar-refractivity contribution in [2.24, 2.45) is 34.0 Å². The number of carbonyl (C=O) groups excluding carboxylic acids is 2. The molecule has 0 aromatic heterocycles. The van der Waals surface area contributed by atoms with Gasteiger partial charge in [-0.25, -0.2) is 0 Å². The zero-order chi connectivity index (χ0) is 27.9. The van der Waals surface area contributed by atoms with Crippen LogP contribution in [0.25, 0.3) is 0 Å². The molecule has 5 rings (SSSR count). The van der Waals surface area contributed by atoms with Crippen LogP contribution in [0.15, 0.2) is 30.4 Å². The Hall–Kier alpha value is -2.52. The topological polar surface area (TPSA) is 58.2 Å². The third kappa shape index (κ3) is 4.04. The molecule has 3 aliphatic carbocycles. The van der Waals surface area contributed by atoms with Gasteiger partial charge in [0, 0.05) is 17.4 Å². The molecule has 0 radical (unpaired) electrons. The number of amides is 2. The number of carbonyl (C=O) groups is 2. The number of alkyl halides is 6. The predicted octanol–water partition coefficient (Wildman–Crippen LogP) is 6.97. The normalized spacial score (nSPS) is 38.6. The molecule has 208 valence electrons. The largest absolute Gasteiger partial charge is 0.418 e. The van der Waals surface area contributed by atoms with E-state index in [0.717, 1.165) is 19.3 Å². The monoisotopic (exact) mass is 542 g/mol. The van der Waals surface area contributed by atoms with Crippen molar-refractivity contribution in [1.29, 1.82) is 0 Å². The molecule has 38 heavy (non-hydrogen) atoms. The molecule has 3 fully saturated rings. The van der Waals surface area contributed by atoms with E-state index in [0.29, 0.717) is 37.5 Å². The van der Waals surface area contributed by atoms with Gasteiger partial charge in [0.25, 0.3) is 0 Å². The summed E-state index contributed by atoms with van der Waals surface area (Å²) in [5.41, 5.74) is -4.29. The van der Waals surface area contributed by atoms with E-state index >= 15 is 0 Å². The van der Waals surface area contributed by atoms with Crippen molar-refractivity contribution in [3.8, 4) is 0 Å². The lowest BCUT2D eigenvalue weighted by molar-refractivity contribution is -0.145. The van der Waals surface area contributed by atoms with E-state index in [1.54, 1.807) is 6.08 Å². The fourth-order valence-electron chi connectivity index (χ4n) is 8.73. The minimum Gasteiger partial charge on any atom is -0.349 e. The van der Waals surface area contributed by atoms with Gasteiger partial charge in [0.05, 0.1) is 16.8 Å². The minimum absolute atomic E-state index is 0.0321. The van der Waals surface area contributed by atoms with Gasteiger partial charge in [-0.05, 0) is 85.5 Å². The summed E-state index contributed by atoms with van der Waals surface area (Å²) in [6.07, 6.45) is -1.86. The van der Waals surface area contributed by atoms with Crippen molar-refractivity contribution < 1.29 is 35.9 Å². The third-order valence-corrected chi connectivity index (χ3v) is 10.5. The molecule has 1 aliphatic heterocycles. The van der Waals surface area contributed by atoms with E-state index in [9.17, 15) is 35.9 Å². The number of benzene rings is 1. The lowest BCUT2D eigenvalue weighted by Gasteiger charge is -2.64. The second-order valence-corrected chi connectivity index (χ2v) is 12.3. The number of fused-ring (bicyclic) bond motifs is 5. The smallest absolute Gasteiger partial charge is 0.349 e. The Kier molecular flexibility index (Phi) is 6.04. The highest BCUT2D eigenvalue weighted by atomic mass is 19.4. The number of nitrogens with one attached hydrogen (secondary N) is 2. The molecule has 2 amide bonds. The summed E-state index contributed by atoms with van der Waals surface area (Å²) >= 11 is 0. The summed E-state index contributed by atoms with van der Waals surface area (Å²) in [5, 5.41) is 5.36. The highest BCUT2D eigenvalue weighted by molar-refractivity contribution is 5.94. The first-order valence-corrected chi connectivity index (χ1v) is 13.1. The Morgan fingerprint density at radius 2 is 1.61 bits per heavy atom. The van der Waals surface area contributed by atoms with E-state index < -0.39 is 46.4 Å². The number of halogens is 6. The first-order chi connectivity index (χ1) is 17.5. The highest BCUT2D eigenvalue weighted by Gasteiger charge is 2.65. The summed E-state index contributed by atoms with van der Waals surface area (Å²) in [6.45, 7) is 6.42. The average Bonchev–Trinajstić information content (AvgIpc) is 3.17. The quantitative estimate of drug-likeness (QED) is 0.397. The molecular formula is C28H32F6N2O2. The van der Waals surface area contributed by atoms with E-state index in [1.165, 1.54) is 0 Å². The second kappa shape index (κ2) is 8.49. The maximum atomic E-state index is 13.6. The second-order valence-electron chi connectivity index (χ2n) is 12.3. The number of anilines is 1. The standard InChI is InChI=1S/C28H32F6N2O2/c1-24-11-8-20-25(2,12-9-21-26(20,3)13-10-22(37)36-21)19(24)7-6-17(24)23(38)35-18-14-15(27(29,30)31)4-5-16(18)28(32,33)34/h4-5,10,13-14,17,19-21H,6-9,11-12H2,1-3H3,(H,35,38)(H,36,37)/t17-,19-,20+,21-,24-,25+,26-/m1/s1. The number of hydrogen-bond acceptors (Lipinski definition) is 2. The zero-order valence-corrected chi connectivity index (χ0v) is 21.5. The molecule has 2 N–H and O–H groups in total. The fraction of sp³-hybridized carbons (Fsp3) is 0.643. The van der Waals surface area contributed by atoms with Gasteiger partial charge in [-0.15, -0.1) is 0 Å². The number of hydrogen-bond donors (Lipinski definition) is 2. The molecule has 4 nitrogen and oxygen atoms in total. The predicted molar refractivity (Wildman–Crippen MR) is 129 cm³/mol. The summed E-state index contributed by atoms with van der Waals surface area (Å²) in [4.78, 5) is 25.5. The summed E-state index contributed by atoms with van der Waals surface area (Å²) in [7, 11) is 0. The summed E-state index contributed by atoms with van der Waals surface area (Å²) in [5.74, 6) is -0.996. The van der Waals surface area contributed by atoms with E-state index in [4.69, 9.17) is 0 Å². The molecule has 0 saturated heterocycles. The Labute approximate surface area is 217 Å². The zero-order valence-electron chi connectivity index (χ0n) is 21.5. The van der Waals surface area contributed by atoms with E-state index in [-0.39, 0.29) is 34.6 Å². The molecule has 1 heterocycles. The Balaban J connectivity index is 1.43. The lowest BCUT2D eigenvalue weighted by atomic mass is 9.42. The average molecular weight is 543 g/mol. The van der Waals surface area contributed by atoms with Gasteiger partial charge in [0.2, 0.25) is 11.8 Å². The molecule has 4 aliphatic rings. The first kappa shape index (κ1) is 27.1. The van der Waals surface area contributed by atoms with E-state index in [2.05, 4.69) is 24.5 Å². The highest BCUT2D eigenvalue weighted by Crippen LogP contribution is 2.70. The molecular weight excluding hydrogens is 510 g/mol. The van der Waals surface area contributed by atoms with Crippen molar-refractivity contribution >= 4 is 17.5 Å². The van der Waals surface area contributed by atoms with Gasteiger partial charge in [-0.3, -0.25) is 9.59 Å². The van der Waals surface area contributed by atoms with Crippen LogP contribution < -0.4 is 10.6 Å². The molecule has 0 spiro atoms. The van der Waals surface area contributed by atoms with Crippen molar-refractivity contribution in [2.45, 2.75) is 77.7 Å². The van der Waals surface area contributed by atoms with E-state index in [1.807, 2.05) is 13.0 Å². The van der Waals surface area contributed by atoms with Crippen molar-refractivity contribution in [3.63, 3.8) is 0 Å². The molecule has 1 aromatic carbocycles. The Bertz CT molecular complexity index is 1190. The first-order valence-electron chi connectivity index (χ1n) is 13.1. The lowest BCUT2D eigenvalue weighted by Crippen LogP contribution is -2.63. The van der Waals surface area contributed by atoms with Crippen molar-refractivity contribution in [3.05, 3.63) is 41.5 Å². The molecule has 0 unspecified atom stereocenters. The maximum absolute atomic E-state index is 13.6. The van der Waals surface area contributed by atoms with Gasteiger partial charge in [-0.1, -0.05) is 26.8 Å². The van der Waals surface area contributed by atoms with Gasteiger partial charge >= 0.3 is 12.4 Å². The maximum Gasteiger partial charge on any atom is 0.418 e. The van der Waals surface area contributed by atoms with Crippen LogP contribution in [0.1, 0.15) is 70.4 Å². The van der Waals surface area contributed by atoms with Crippen LogP contribution in [-0.4, -0.2) is 17.9 Å². The van der Waals surface area contributed by atoms with Crippen molar-refractivity contribution in [1.82, 2.24) is 5.32 Å². The van der Waals surface area contributed by atoms with Crippen molar-refractivity contribution in [2.75, 3.05) is 5.32 Å². The van der Waals surface area contributed by atoms with Crippen LogP contribution in [0.3, 0.4) is 0 Å². The number of rotatable bonds is 2. The van der Waals surface area contributed by atoms with Gasteiger partial charge in [0.1, 0.15) is 0 Å². The van der Waals surface area contributed by atoms with Crippen LogP contribution in [0, 0.1) is 34.0 Å². The third-order valence-electron chi connectivity index (χ3n) is 10.5.